The lowest BCUT2D eigenvalue weighted by Crippen LogP contribution is -2.03. The van der Waals surface area contributed by atoms with E-state index < -0.39 is 5.97 Å². The summed E-state index contributed by atoms with van der Waals surface area (Å²) in [7, 11) is 0. The van der Waals surface area contributed by atoms with Crippen LogP contribution in [-0.2, 0) is 17.8 Å². The molecule has 3 rings (SSSR count). The van der Waals surface area contributed by atoms with Crippen LogP contribution in [0.25, 0.3) is 21.5 Å². The number of nitrogens with zero attached hydrogens (tertiary/aromatic N) is 2. The molecule has 23 heavy (non-hydrogen) atoms. The number of hydrogen-bond donors (Lipinski definition) is 1. The summed E-state index contributed by atoms with van der Waals surface area (Å²) in [6, 6.07) is 8.36. The molecule has 0 amide bonds. The first kappa shape index (κ1) is 15.7. The van der Waals surface area contributed by atoms with E-state index in [2.05, 4.69) is 48.5 Å². The fourth-order valence-electron chi connectivity index (χ4n) is 3.15. The molecular weight excluding hydrogens is 308 g/mol. The van der Waals surface area contributed by atoms with Crippen LogP contribution in [0.15, 0.2) is 29.6 Å². The fourth-order valence-corrected chi connectivity index (χ4v) is 4.03. The first-order valence-corrected chi connectivity index (χ1v) is 8.68. The van der Waals surface area contributed by atoms with Crippen molar-refractivity contribution >= 4 is 28.2 Å². The van der Waals surface area contributed by atoms with Crippen molar-refractivity contribution in [2.45, 2.75) is 39.7 Å². The molecule has 0 atom stereocenters. The highest BCUT2D eigenvalue weighted by atomic mass is 32.1. The van der Waals surface area contributed by atoms with E-state index in [0.717, 1.165) is 17.1 Å². The number of carboxylic acids is 1. The molecule has 0 radical (unpaired) electrons. The Labute approximate surface area is 139 Å². The van der Waals surface area contributed by atoms with Crippen molar-refractivity contribution in [2.75, 3.05) is 0 Å². The Morgan fingerprint density at radius 1 is 1.35 bits per heavy atom. The van der Waals surface area contributed by atoms with Crippen molar-refractivity contribution in [3.05, 3.63) is 41.0 Å². The van der Waals surface area contributed by atoms with Crippen LogP contribution in [0.1, 0.15) is 38.1 Å². The third-order valence-corrected chi connectivity index (χ3v) is 4.88. The molecule has 0 aliphatic rings. The first-order valence-electron chi connectivity index (χ1n) is 7.80. The van der Waals surface area contributed by atoms with Crippen LogP contribution in [0.4, 0.5) is 0 Å². The zero-order chi connectivity index (χ0) is 16.6. The summed E-state index contributed by atoms with van der Waals surface area (Å²) in [4.78, 5) is 15.5. The topological polar surface area (TPSA) is 55.1 Å². The van der Waals surface area contributed by atoms with Crippen LogP contribution in [0.2, 0.25) is 0 Å². The highest BCUT2D eigenvalue weighted by Gasteiger charge is 2.22. The molecule has 5 heteroatoms. The Hall–Kier alpha value is -2.14. The number of carbonyl (C=O) groups is 1. The lowest BCUT2D eigenvalue weighted by Gasteiger charge is -2.12. The van der Waals surface area contributed by atoms with Gasteiger partial charge in [0.1, 0.15) is 5.01 Å². The number of carboxylic acid groups (broad SMARTS) is 1. The maximum atomic E-state index is 10.9. The van der Waals surface area contributed by atoms with Gasteiger partial charge in [-0.1, -0.05) is 32.0 Å². The highest BCUT2D eigenvalue weighted by molar-refractivity contribution is 7.13. The lowest BCUT2D eigenvalue weighted by atomic mass is 10.0. The van der Waals surface area contributed by atoms with E-state index in [1.54, 1.807) is 0 Å². The molecule has 120 valence electrons. The molecule has 0 aliphatic heterocycles. The molecule has 0 saturated carbocycles. The Kier molecular flexibility index (Phi) is 4.22. The summed E-state index contributed by atoms with van der Waals surface area (Å²) in [6.45, 7) is 7.44. The molecular formula is C18H20N2O2S. The fraction of sp³-hybridized carbons (Fsp3) is 0.333. The minimum absolute atomic E-state index is 0.0278. The molecule has 0 aliphatic carbocycles. The number of benzene rings is 1. The van der Waals surface area contributed by atoms with Crippen molar-refractivity contribution in [2.24, 2.45) is 0 Å². The van der Waals surface area contributed by atoms with Gasteiger partial charge in [-0.2, -0.15) is 0 Å². The summed E-state index contributed by atoms with van der Waals surface area (Å²) in [6.07, 6.45) is -0.0278. The monoisotopic (exact) mass is 328 g/mol. The Bertz CT molecular complexity index is 861. The summed E-state index contributed by atoms with van der Waals surface area (Å²) in [5.74, 6) is -0.480. The van der Waals surface area contributed by atoms with E-state index in [1.165, 1.54) is 27.9 Å². The van der Waals surface area contributed by atoms with Crippen molar-refractivity contribution in [1.82, 2.24) is 9.55 Å². The van der Waals surface area contributed by atoms with Gasteiger partial charge in [-0.05, 0) is 18.9 Å². The third-order valence-electron chi connectivity index (χ3n) is 3.97. The van der Waals surface area contributed by atoms with Gasteiger partial charge in [0.25, 0.3) is 0 Å². The Balaban J connectivity index is 2.25. The number of aliphatic carboxylic acids is 1. The average Bonchev–Trinajstić information content (AvgIpc) is 3.07. The normalized spacial score (nSPS) is 11.5. The van der Waals surface area contributed by atoms with Crippen molar-refractivity contribution in [1.29, 1.82) is 0 Å². The number of aryl methyl sites for hydroxylation is 1. The minimum Gasteiger partial charge on any atom is -0.481 e. The van der Waals surface area contributed by atoms with Gasteiger partial charge in [0.15, 0.2) is 0 Å². The maximum absolute atomic E-state index is 10.9. The van der Waals surface area contributed by atoms with Gasteiger partial charge >= 0.3 is 5.97 Å². The molecule has 2 aromatic heterocycles. The number of para-hydroxylation sites is 1. The van der Waals surface area contributed by atoms with Crippen LogP contribution in [-0.4, -0.2) is 20.6 Å². The molecule has 1 aromatic carbocycles. The molecule has 0 fully saturated rings. The number of thiazole rings is 1. The quantitative estimate of drug-likeness (QED) is 0.748. The van der Waals surface area contributed by atoms with Gasteiger partial charge < -0.3 is 9.67 Å². The predicted octanol–water partition coefficient (Wildman–Crippen LogP) is 4.54. The highest BCUT2D eigenvalue weighted by Crippen LogP contribution is 2.39. The molecule has 4 nitrogen and oxygen atoms in total. The summed E-state index contributed by atoms with van der Waals surface area (Å²) in [5, 5.41) is 12.9. The first-order chi connectivity index (χ1) is 11.0. The molecule has 0 unspecified atom stereocenters. The van der Waals surface area contributed by atoms with Crippen LogP contribution >= 0.6 is 11.3 Å². The maximum Gasteiger partial charge on any atom is 0.309 e. The summed E-state index contributed by atoms with van der Waals surface area (Å²) in [5.41, 5.74) is 4.26. The zero-order valence-electron chi connectivity index (χ0n) is 13.5. The van der Waals surface area contributed by atoms with Crippen LogP contribution < -0.4 is 0 Å². The van der Waals surface area contributed by atoms with Crippen LogP contribution in [0.3, 0.4) is 0 Å². The van der Waals surface area contributed by atoms with Gasteiger partial charge in [-0.25, -0.2) is 4.98 Å². The zero-order valence-corrected chi connectivity index (χ0v) is 14.4. The SMILES string of the molecule is CCn1c(C(C)C)c(-c2nc(CC(=O)O)cs2)c2ccccc21. The number of aromatic nitrogens is 2. The largest absolute Gasteiger partial charge is 0.481 e. The smallest absolute Gasteiger partial charge is 0.309 e. The van der Waals surface area contributed by atoms with Gasteiger partial charge in [-0.3, -0.25) is 4.79 Å². The standard InChI is InChI=1S/C18H20N2O2S/c1-4-20-14-8-6-5-7-13(14)16(17(20)11(2)3)18-19-12(10-23-18)9-15(21)22/h5-8,10-11H,4,9H2,1-3H3,(H,21,22). The van der Waals surface area contributed by atoms with Crippen LogP contribution in [0, 0.1) is 0 Å². The van der Waals surface area contributed by atoms with Crippen LogP contribution in [0.5, 0.6) is 0 Å². The predicted molar refractivity (Wildman–Crippen MR) is 94.1 cm³/mol. The Morgan fingerprint density at radius 3 is 2.74 bits per heavy atom. The molecule has 1 N–H and O–H groups in total. The molecule has 0 spiro atoms. The van der Waals surface area contributed by atoms with E-state index in [0.29, 0.717) is 11.6 Å². The lowest BCUT2D eigenvalue weighted by molar-refractivity contribution is -0.136. The minimum atomic E-state index is -0.845. The van der Waals surface area contributed by atoms with E-state index >= 15 is 0 Å². The molecule has 0 bridgehead atoms. The van der Waals surface area contributed by atoms with Crippen molar-refractivity contribution in [3.8, 4) is 10.6 Å². The second-order valence-electron chi connectivity index (χ2n) is 5.89. The third kappa shape index (κ3) is 2.77. The molecule has 3 aromatic rings. The van der Waals surface area contributed by atoms with E-state index in [1.807, 2.05) is 11.4 Å². The van der Waals surface area contributed by atoms with Gasteiger partial charge in [-0.15, -0.1) is 11.3 Å². The Morgan fingerprint density at radius 2 is 2.09 bits per heavy atom. The summed E-state index contributed by atoms with van der Waals surface area (Å²) >= 11 is 1.53. The number of rotatable bonds is 5. The van der Waals surface area contributed by atoms with Gasteiger partial charge in [0, 0.05) is 34.1 Å². The van der Waals surface area contributed by atoms with E-state index in [9.17, 15) is 4.79 Å². The average molecular weight is 328 g/mol. The van der Waals surface area contributed by atoms with Crippen molar-refractivity contribution in [3.63, 3.8) is 0 Å². The summed E-state index contributed by atoms with van der Waals surface area (Å²) < 4.78 is 2.34. The number of fused-ring (bicyclic) bond motifs is 1. The van der Waals surface area contributed by atoms with Gasteiger partial charge in [0.05, 0.1) is 12.1 Å². The second kappa shape index (κ2) is 6.16. The molecule has 0 saturated heterocycles. The van der Waals surface area contributed by atoms with E-state index in [4.69, 9.17) is 5.11 Å². The van der Waals surface area contributed by atoms with Crippen molar-refractivity contribution < 1.29 is 9.90 Å². The number of hydrogen-bond acceptors (Lipinski definition) is 3. The molecule has 2 heterocycles. The second-order valence-corrected chi connectivity index (χ2v) is 6.75. The van der Waals surface area contributed by atoms with E-state index in [-0.39, 0.29) is 6.42 Å². The van der Waals surface area contributed by atoms with Gasteiger partial charge in [0.2, 0.25) is 0 Å².